The summed E-state index contributed by atoms with van der Waals surface area (Å²) in [7, 11) is 0.768. The van der Waals surface area contributed by atoms with E-state index in [0.717, 1.165) is 7.11 Å². The molecule has 0 fully saturated rings. The number of hydrogen-bond donors (Lipinski definition) is 2. The van der Waals surface area contributed by atoms with Gasteiger partial charge in [-0.2, -0.15) is 13.2 Å². The molecule has 6 nitrogen and oxygen atoms in total. The molecule has 0 spiro atoms. The number of nitrogens with zero attached hydrogens (tertiary/aromatic N) is 1. The molecule has 2 aromatic rings. The fourth-order valence-electron chi connectivity index (χ4n) is 2.06. The second-order valence-electron chi connectivity index (χ2n) is 5.01. The molecule has 1 aromatic carbocycles. The summed E-state index contributed by atoms with van der Waals surface area (Å²) in [4.78, 5) is 28.1. The van der Waals surface area contributed by atoms with E-state index in [1.807, 2.05) is 5.32 Å². The van der Waals surface area contributed by atoms with Gasteiger partial charge < -0.3 is 15.4 Å². The minimum Gasteiger partial charge on any atom is -0.466 e. The topological polar surface area (TPSA) is 80.3 Å². The van der Waals surface area contributed by atoms with E-state index in [4.69, 9.17) is 11.6 Å². The summed E-state index contributed by atoms with van der Waals surface area (Å²) in [5.74, 6) is -3.28. The first-order valence-corrected chi connectivity index (χ1v) is 7.50. The molecule has 1 amide bonds. The van der Waals surface area contributed by atoms with Gasteiger partial charge in [-0.3, -0.25) is 4.79 Å². The molecule has 1 aromatic heterocycles. The van der Waals surface area contributed by atoms with Gasteiger partial charge in [-0.25, -0.2) is 9.78 Å². The van der Waals surface area contributed by atoms with Crippen LogP contribution in [0.5, 0.6) is 0 Å². The molecular formula is C16H13ClF3N3O3. The normalized spacial score (nSPS) is 13.4. The highest BCUT2D eigenvalue weighted by molar-refractivity contribution is 6.33. The van der Waals surface area contributed by atoms with Crippen LogP contribution in [0.4, 0.5) is 19.0 Å². The van der Waals surface area contributed by atoms with Gasteiger partial charge in [0.2, 0.25) is 0 Å². The summed E-state index contributed by atoms with van der Waals surface area (Å²) in [5, 5.41) is 3.49. The van der Waals surface area contributed by atoms with Gasteiger partial charge in [0.25, 0.3) is 5.91 Å². The Hall–Kier alpha value is -2.81. The Kier molecular flexibility index (Phi) is 5.71. The fourth-order valence-corrected chi connectivity index (χ4v) is 2.28. The minimum atomic E-state index is -5.26. The standard InChI is InChI=1S/C16H13ClF3N3O3/c1-26-14(25)15(16(18,19)20,22-12-8-4-5-9-21-12)23-13(24)10-6-2-3-7-11(10)17/h2-9H,1H3,(H,21,22)(H,23,24)/t15-/m0/s1. The quantitative estimate of drug-likeness (QED) is 0.609. The SMILES string of the molecule is COC(=O)[C@@](NC(=O)c1ccccc1Cl)(Nc1ccccn1)C(F)(F)F. The van der Waals surface area contributed by atoms with Crippen molar-refractivity contribution >= 4 is 29.3 Å². The first kappa shape index (κ1) is 19.5. The molecule has 1 atom stereocenters. The average Bonchev–Trinajstić information content (AvgIpc) is 2.60. The maximum Gasteiger partial charge on any atom is 0.441 e. The lowest BCUT2D eigenvalue weighted by atomic mass is 10.1. The monoisotopic (exact) mass is 387 g/mol. The maximum absolute atomic E-state index is 13.8. The number of amides is 1. The zero-order valence-corrected chi connectivity index (χ0v) is 14.1. The highest BCUT2D eigenvalue weighted by Gasteiger charge is 2.63. The lowest BCUT2D eigenvalue weighted by molar-refractivity contribution is -0.203. The second-order valence-corrected chi connectivity index (χ2v) is 5.42. The van der Waals surface area contributed by atoms with Crippen LogP contribution in [-0.4, -0.2) is 35.8 Å². The number of rotatable bonds is 5. The molecule has 2 rings (SSSR count). The summed E-state index contributed by atoms with van der Waals surface area (Å²) in [6.45, 7) is 0. The molecule has 10 heteroatoms. The molecular weight excluding hydrogens is 375 g/mol. The minimum absolute atomic E-state index is 0.0798. The molecule has 0 aliphatic carbocycles. The molecule has 1 heterocycles. The number of halogens is 4. The third kappa shape index (κ3) is 3.88. The predicted molar refractivity (Wildman–Crippen MR) is 87.6 cm³/mol. The molecule has 0 bridgehead atoms. The van der Waals surface area contributed by atoms with Gasteiger partial charge in [0.15, 0.2) is 0 Å². The lowest BCUT2D eigenvalue weighted by Gasteiger charge is -2.34. The van der Waals surface area contributed by atoms with Crippen molar-refractivity contribution in [2.45, 2.75) is 11.8 Å². The van der Waals surface area contributed by atoms with Crippen molar-refractivity contribution < 1.29 is 27.5 Å². The second kappa shape index (κ2) is 7.61. The van der Waals surface area contributed by atoms with E-state index >= 15 is 0 Å². The van der Waals surface area contributed by atoms with E-state index in [1.54, 1.807) is 5.32 Å². The number of pyridine rings is 1. The maximum atomic E-state index is 13.8. The Labute approximate surface area is 151 Å². The van der Waals surface area contributed by atoms with E-state index in [-0.39, 0.29) is 16.4 Å². The zero-order valence-electron chi connectivity index (χ0n) is 13.3. The van der Waals surface area contributed by atoms with Gasteiger partial charge in [-0.05, 0) is 24.3 Å². The first-order valence-electron chi connectivity index (χ1n) is 7.12. The molecule has 0 unspecified atom stereocenters. The van der Waals surface area contributed by atoms with Crippen molar-refractivity contribution in [3.8, 4) is 0 Å². The van der Waals surface area contributed by atoms with Crippen molar-refractivity contribution in [1.29, 1.82) is 0 Å². The Morgan fingerprint density at radius 1 is 1.12 bits per heavy atom. The van der Waals surface area contributed by atoms with Gasteiger partial charge in [0, 0.05) is 6.20 Å². The molecule has 0 radical (unpaired) electrons. The molecule has 0 saturated carbocycles. The highest BCUT2D eigenvalue weighted by Crippen LogP contribution is 2.33. The number of nitrogens with one attached hydrogen (secondary N) is 2. The molecule has 2 N–H and O–H groups in total. The number of methoxy groups -OCH3 is 1. The molecule has 26 heavy (non-hydrogen) atoms. The zero-order chi connectivity index (χ0) is 19.4. The largest absolute Gasteiger partial charge is 0.466 e. The number of hydrogen-bond acceptors (Lipinski definition) is 5. The van der Waals surface area contributed by atoms with Gasteiger partial charge in [-0.1, -0.05) is 29.8 Å². The molecule has 138 valence electrons. The van der Waals surface area contributed by atoms with E-state index in [2.05, 4.69) is 9.72 Å². The number of esters is 1. The van der Waals surface area contributed by atoms with Gasteiger partial charge in [0.1, 0.15) is 5.82 Å². The van der Waals surface area contributed by atoms with Crippen LogP contribution in [0.2, 0.25) is 5.02 Å². The third-order valence-electron chi connectivity index (χ3n) is 3.32. The van der Waals surface area contributed by atoms with Crippen molar-refractivity contribution in [3.05, 3.63) is 59.2 Å². The summed E-state index contributed by atoms with van der Waals surface area (Å²) in [6, 6.07) is 9.55. The Bertz CT molecular complexity index is 802. The van der Waals surface area contributed by atoms with Crippen LogP contribution in [0.15, 0.2) is 48.7 Å². The predicted octanol–water partition coefficient (Wildman–Crippen LogP) is 3.01. The van der Waals surface area contributed by atoms with Crippen molar-refractivity contribution in [1.82, 2.24) is 10.3 Å². The Morgan fingerprint density at radius 3 is 2.31 bits per heavy atom. The van der Waals surface area contributed by atoms with E-state index in [1.165, 1.54) is 48.7 Å². The smallest absolute Gasteiger partial charge is 0.441 e. The van der Waals surface area contributed by atoms with Crippen molar-refractivity contribution in [2.75, 3.05) is 12.4 Å². The molecule has 0 saturated heterocycles. The molecule has 0 aliphatic rings. The summed E-state index contributed by atoms with van der Waals surface area (Å²) >= 11 is 5.84. The number of benzene rings is 1. The van der Waals surface area contributed by atoms with Gasteiger partial charge >= 0.3 is 17.8 Å². The van der Waals surface area contributed by atoms with Crippen LogP contribution in [0.25, 0.3) is 0 Å². The fraction of sp³-hybridized carbons (Fsp3) is 0.188. The number of ether oxygens (including phenoxy) is 1. The lowest BCUT2D eigenvalue weighted by Crippen LogP contribution is -2.69. The van der Waals surface area contributed by atoms with Crippen LogP contribution in [0, 0.1) is 0 Å². The summed E-state index contributed by atoms with van der Waals surface area (Å²) in [5.41, 5.74) is -3.80. The van der Waals surface area contributed by atoms with Crippen molar-refractivity contribution in [2.24, 2.45) is 0 Å². The Morgan fingerprint density at radius 2 is 1.77 bits per heavy atom. The van der Waals surface area contributed by atoms with E-state index < -0.39 is 23.7 Å². The van der Waals surface area contributed by atoms with Crippen LogP contribution in [0.3, 0.4) is 0 Å². The average molecular weight is 388 g/mol. The number of aromatic nitrogens is 1. The number of alkyl halides is 3. The van der Waals surface area contributed by atoms with Crippen LogP contribution >= 0.6 is 11.6 Å². The van der Waals surface area contributed by atoms with Crippen LogP contribution in [0.1, 0.15) is 10.4 Å². The summed E-state index contributed by atoms with van der Waals surface area (Å²) in [6.07, 6.45) is -4.04. The van der Waals surface area contributed by atoms with Gasteiger partial charge in [-0.15, -0.1) is 0 Å². The van der Waals surface area contributed by atoms with Crippen LogP contribution in [-0.2, 0) is 9.53 Å². The van der Waals surface area contributed by atoms with Crippen LogP contribution < -0.4 is 10.6 Å². The summed E-state index contributed by atoms with van der Waals surface area (Å²) < 4.78 is 45.8. The Balaban J connectivity index is 2.50. The third-order valence-corrected chi connectivity index (χ3v) is 3.65. The van der Waals surface area contributed by atoms with Gasteiger partial charge in [0.05, 0.1) is 17.7 Å². The van der Waals surface area contributed by atoms with E-state index in [0.29, 0.717) is 0 Å². The van der Waals surface area contributed by atoms with Crippen molar-refractivity contribution in [3.63, 3.8) is 0 Å². The highest BCUT2D eigenvalue weighted by atomic mass is 35.5. The van der Waals surface area contributed by atoms with E-state index in [9.17, 15) is 22.8 Å². The number of anilines is 1. The number of carbonyl (C=O) groups excluding carboxylic acids is 2. The number of carbonyl (C=O) groups is 2. The molecule has 0 aliphatic heterocycles. The first-order chi connectivity index (χ1) is 12.2.